The van der Waals surface area contributed by atoms with Crippen LogP contribution in [0.2, 0.25) is 0 Å². The molecule has 0 fully saturated rings. The van der Waals surface area contributed by atoms with E-state index < -0.39 is 0 Å². The smallest absolute Gasteiger partial charge is 0.105 e. The first-order chi connectivity index (χ1) is 13.0. The topological polar surface area (TPSA) is 55.3 Å². The lowest BCUT2D eigenvalue weighted by Gasteiger charge is -2.29. The molecule has 0 aliphatic carbocycles. The summed E-state index contributed by atoms with van der Waals surface area (Å²) in [5, 5.41) is 7.70. The van der Waals surface area contributed by atoms with Crippen LogP contribution in [0.1, 0.15) is 47.0 Å². The standard InChI is InChI=1S/C21H42N6/c1-7-27(15-11-18(2)3)21-10-9-20(17-23-21)19(4)25-24-12-8-14-26(6)16-13-22-5/h9,17-18,21-22,24H,7-8,10-16H2,1-6H3/b25-19+. The van der Waals surface area contributed by atoms with Crippen LogP contribution < -0.4 is 10.7 Å². The molecule has 6 heteroatoms. The van der Waals surface area contributed by atoms with E-state index in [0.717, 1.165) is 69.3 Å². The number of nitrogens with one attached hydrogen (secondary N) is 2. The number of likely N-dealkylation sites (N-methyl/N-ethyl adjacent to an activating group) is 2. The van der Waals surface area contributed by atoms with Gasteiger partial charge in [-0.1, -0.05) is 26.8 Å². The maximum atomic E-state index is 4.79. The van der Waals surface area contributed by atoms with E-state index in [4.69, 9.17) is 4.99 Å². The number of dihydropyridines is 1. The minimum absolute atomic E-state index is 0.284. The van der Waals surface area contributed by atoms with Crippen molar-refractivity contribution in [2.75, 3.05) is 53.4 Å². The van der Waals surface area contributed by atoms with Gasteiger partial charge in [0.05, 0.1) is 5.71 Å². The molecule has 1 rings (SSSR count). The molecule has 0 aromatic carbocycles. The summed E-state index contributed by atoms with van der Waals surface area (Å²) in [6.45, 7) is 15.1. The molecule has 0 saturated heterocycles. The zero-order valence-electron chi connectivity index (χ0n) is 18.5. The summed E-state index contributed by atoms with van der Waals surface area (Å²) in [7, 11) is 4.15. The molecular weight excluding hydrogens is 336 g/mol. The number of aliphatic imine (C=N–C) groups is 1. The second-order valence-corrected chi connectivity index (χ2v) is 7.83. The molecule has 0 bridgehead atoms. The van der Waals surface area contributed by atoms with E-state index in [-0.39, 0.29) is 6.17 Å². The first kappa shape index (κ1) is 23.8. The minimum Gasteiger partial charge on any atom is -0.318 e. The monoisotopic (exact) mass is 378 g/mol. The second-order valence-electron chi connectivity index (χ2n) is 7.83. The highest BCUT2D eigenvalue weighted by atomic mass is 15.3. The lowest BCUT2D eigenvalue weighted by Crippen LogP contribution is -2.36. The highest BCUT2D eigenvalue weighted by Crippen LogP contribution is 2.15. The zero-order valence-corrected chi connectivity index (χ0v) is 18.5. The van der Waals surface area contributed by atoms with Gasteiger partial charge in [0.1, 0.15) is 6.17 Å². The van der Waals surface area contributed by atoms with Crippen LogP contribution in [0.15, 0.2) is 21.7 Å². The average Bonchev–Trinajstić information content (AvgIpc) is 2.66. The van der Waals surface area contributed by atoms with Crippen LogP contribution in [0.4, 0.5) is 0 Å². The van der Waals surface area contributed by atoms with Crippen molar-refractivity contribution in [3.05, 3.63) is 11.6 Å². The van der Waals surface area contributed by atoms with Crippen LogP contribution >= 0.6 is 0 Å². The molecule has 0 saturated carbocycles. The second kappa shape index (κ2) is 13.9. The van der Waals surface area contributed by atoms with E-state index >= 15 is 0 Å². The number of allylic oxidation sites excluding steroid dienone is 1. The van der Waals surface area contributed by atoms with Gasteiger partial charge in [-0.3, -0.25) is 9.89 Å². The summed E-state index contributed by atoms with van der Waals surface area (Å²) in [6.07, 6.45) is 7.85. The molecule has 1 atom stereocenters. The first-order valence-corrected chi connectivity index (χ1v) is 10.6. The Morgan fingerprint density at radius 1 is 1.30 bits per heavy atom. The molecule has 1 aliphatic rings. The Hall–Kier alpha value is -1.24. The van der Waals surface area contributed by atoms with E-state index in [1.165, 1.54) is 6.42 Å². The van der Waals surface area contributed by atoms with Crippen molar-refractivity contribution in [1.82, 2.24) is 20.5 Å². The molecular formula is C21H42N6. The average molecular weight is 379 g/mol. The third kappa shape index (κ3) is 10.0. The van der Waals surface area contributed by atoms with Crippen molar-refractivity contribution in [3.8, 4) is 0 Å². The van der Waals surface area contributed by atoms with Gasteiger partial charge in [-0.25, -0.2) is 0 Å². The SMILES string of the molecule is CCN(CCC(C)C)C1CC=C(/C(C)=N/NCCCN(C)CCNC)C=N1. The predicted molar refractivity (Wildman–Crippen MR) is 119 cm³/mol. The van der Waals surface area contributed by atoms with Gasteiger partial charge in [0.15, 0.2) is 0 Å². The molecule has 0 spiro atoms. The van der Waals surface area contributed by atoms with E-state index in [1.807, 2.05) is 13.3 Å². The minimum atomic E-state index is 0.284. The van der Waals surface area contributed by atoms with Gasteiger partial charge in [-0.05, 0) is 52.9 Å². The fraction of sp³-hybridized carbons (Fsp3) is 0.810. The Morgan fingerprint density at radius 2 is 2.07 bits per heavy atom. The Bertz CT molecular complexity index is 483. The lowest BCUT2D eigenvalue weighted by molar-refractivity contribution is 0.201. The van der Waals surface area contributed by atoms with Gasteiger partial charge in [0.25, 0.3) is 0 Å². The predicted octanol–water partition coefficient (Wildman–Crippen LogP) is 2.59. The first-order valence-electron chi connectivity index (χ1n) is 10.6. The molecule has 0 aromatic heterocycles. The maximum Gasteiger partial charge on any atom is 0.105 e. The van der Waals surface area contributed by atoms with Crippen molar-refractivity contribution in [3.63, 3.8) is 0 Å². The Labute approximate surface area is 167 Å². The molecule has 2 N–H and O–H groups in total. The number of rotatable bonds is 14. The fourth-order valence-electron chi connectivity index (χ4n) is 3.02. The highest BCUT2D eigenvalue weighted by Gasteiger charge is 2.18. The quantitative estimate of drug-likeness (QED) is 0.277. The highest BCUT2D eigenvalue weighted by molar-refractivity contribution is 6.15. The van der Waals surface area contributed by atoms with Gasteiger partial charge in [-0.2, -0.15) is 5.10 Å². The summed E-state index contributed by atoms with van der Waals surface area (Å²) in [6, 6.07) is 0. The molecule has 1 unspecified atom stereocenters. The summed E-state index contributed by atoms with van der Waals surface area (Å²) < 4.78 is 0. The van der Waals surface area contributed by atoms with Crippen LogP contribution in [0.3, 0.4) is 0 Å². The van der Waals surface area contributed by atoms with Crippen LogP contribution in [0, 0.1) is 5.92 Å². The van der Waals surface area contributed by atoms with Crippen LogP contribution in [0.25, 0.3) is 0 Å². The van der Waals surface area contributed by atoms with Gasteiger partial charge in [0, 0.05) is 44.4 Å². The Balaban J connectivity index is 2.34. The normalized spacial score (nSPS) is 17.9. The summed E-state index contributed by atoms with van der Waals surface area (Å²) in [5.41, 5.74) is 5.37. The van der Waals surface area contributed by atoms with Crippen molar-refractivity contribution >= 4 is 11.9 Å². The van der Waals surface area contributed by atoms with Crippen molar-refractivity contribution in [1.29, 1.82) is 0 Å². The maximum absolute atomic E-state index is 4.79. The van der Waals surface area contributed by atoms with Gasteiger partial charge in [-0.15, -0.1) is 0 Å². The van der Waals surface area contributed by atoms with E-state index in [9.17, 15) is 0 Å². The van der Waals surface area contributed by atoms with E-state index in [1.54, 1.807) is 0 Å². The third-order valence-electron chi connectivity index (χ3n) is 4.99. The number of hydrogen-bond acceptors (Lipinski definition) is 6. The van der Waals surface area contributed by atoms with Crippen molar-refractivity contribution in [2.45, 2.75) is 53.1 Å². The Morgan fingerprint density at radius 3 is 2.67 bits per heavy atom. The van der Waals surface area contributed by atoms with E-state index in [2.05, 4.69) is 66.5 Å². The molecule has 0 radical (unpaired) electrons. The molecule has 1 aliphatic heterocycles. The van der Waals surface area contributed by atoms with Gasteiger partial charge < -0.3 is 15.6 Å². The Kier molecular flexibility index (Phi) is 12.2. The summed E-state index contributed by atoms with van der Waals surface area (Å²) >= 11 is 0. The molecule has 6 nitrogen and oxygen atoms in total. The number of nitrogens with zero attached hydrogens (tertiary/aromatic N) is 4. The summed E-state index contributed by atoms with van der Waals surface area (Å²) in [5.74, 6) is 0.737. The number of hydrazone groups is 1. The van der Waals surface area contributed by atoms with Crippen LogP contribution in [-0.2, 0) is 0 Å². The van der Waals surface area contributed by atoms with Crippen molar-refractivity contribution in [2.24, 2.45) is 16.0 Å². The molecule has 27 heavy (non-hydrogen) atoms. The third-order valence-corrected chi connectivity index (χ3v) is 4.99. The molecule has 1 heterocycles. The fourth-order valence-corrected chi connectivity index (χ4v) is 3.02. The molecule has 156 valence electrons. The van der Waals surface area contributed by atoms with Crippen LogP contribution in [-0.4, -0.2) is 81.3 Å². The van der Waals surface area contributed by atoms with Crippen molar-refractivity contribution < 1.29 is 0 Å². The molecule has 0 amide bonds. The van der Waals surface area contributed by atoms with E-state index in [0.29, 0.717) is 0 Å². The lowest BCUT2D eigenvalue weighted by atomic mass is 10.1. The van der Waals surface area contributed by atoms with Crippen LogP contribution in [0.5, 0.6) is 0 Å². The van der Waals surface area contributed by atoms with Gasteiger partial charge in [0.2, 0.25) is 0 Å². The van der Waals surface area contributed by atoms with Gasteiger partial charge >= 0.3 is 0 Å². The summed E-state index contributed by atoms with van der Waals surface area (Å²) in [4.78, 5) is 9.60. The number of hydrogen-bond donors (Lipinski definition) is 2. The largest absolute Gasteiger partial charge is 0.318 e. The zero-order chi connectivity index (χ0) is 20.1. The molecule has 0 aromatic rings.